The van der Waals surface area contributed by atoms with Crippen molar-refractivity contribution in [3.63, 3.8) is 0 Å². The van der Waals surface area contributed by atoms with Crippen LogP contribution in [0.25, 0.3) is 0 Å². The van der Waals surface area contributed by atoms with Gasteiger partial charge in [-0.05, 0) is 43.5 Å². The topological polar surface area (TPSA) is 53.6 Å². The molecular formula is C15H22F3IN4. The first kappa shape index (κ1) is 20.0. The first-order valence-electron chi connectivity index (χ1n) is 7.19. The Hall–Kier alpha value is -1.03. The summed E-state index contributed by atoms with van der Waals surface area (Å²) in [5, 5.41) is 3.00. The number of guanidine groups is 1. The van der Waals surface area contributed by atoms with Crippen LogP contribution in [0.15, 0.2) is 23.2 Å². The number of anilines is 1. The largest absolute Gasteiger partial charge is 0.401 e. The molecule has 130 valence electrons. The molecule has 1 atom stereocenters. The molecule has 0 radical (unpaired) electrons. The smallest absolute Gasteiger partial charge is 0.370 e. The molecule has 0 spiro atoms. The number of nitrogens with one attached hydrogen (secondary N) is 1. The Morgan fingerprint density at radius 2 is 1.91 bits per heavy atom. The number of aliphatic imine (C=N–C) groups is 1. The summed E-state index contributed by atoms with van der Waals surface area (Å²) >= 11 is 0. The van der Waals surface area contributed by atoms with Gasteiger partial charge in [0.2, 0.25) is 0 Å². The Labute approximate surface area is 151 Å². The molecule has 0 bridgehead atoms. The average Bonchev–Trinajstić information content (AvgIpc) is 2.71. The molecule has 0 saturated carbocycles. The van der Waals surface area contributed by atoms with Gasteiger partial charge in [0.05, 0.1) is 12.6 Å². The van der Waals surface area contributed by atoms with E-state index in [9.17, 15) is 13.2 Å². The minimum absolute atomic E-state index is 0. The lowest BCUT2D eigenvalue weighted by atomic mass is 10.1. The van der Waals surface area contributed by atoms with Crippen molar-refractivity contribution >= 4 is 35.6 Å². The third kappa shape index (κ3) is 6.94. The number of rotatable bonds is 3. The van der Waals surface area contributed by atoms with E-state index >= 15 is 0 Å². The van der Waals surface area contributed by atoms with Crippen molar-refractivity contribution in [3.05, 3.63) is 29.3 Å². The maximum absolute atomic E-state index is 12.3. The van der Waals surface area contributed by atoms with Crippen molar-refractivity contribution in [2.24, 2.45) is 10.7 Å². The van der Waals surface area contributed by atoms with Gasteiger partial charge in [-0.15, -0.1) is 24.0 Å². The summed E-state index contributed by atoms with van der Waals surface area (Å²) in [6.45, 7) is 3.76. The van der Waals surface area contributed by atoms with Crippen LogP contribution in [-0.2, 0) is 0 Å². The van der Waals surface area contributed by atoms with Crippen molar-refractivity contribution in [3.8, 4) is 0 Å². The fourth-order valence-corrected chi connectivity index (χ4v) is 2.74. The molecule has 0 aromatic heterocycles. The predicted molar refractivity (Wildman–Crippen MR) is 97.5 cm³/mol. The molecular weight excluding hydrogens is 420 g/mol. The zero-order valence-electron chi connectivity index (χ0n) is 13.2. The molecule has 1 aliphatic rings. The average molecular weight is 442 g/mol. The van der Waals surface area contributed by atoms with Crippen molar-refractivity contribution in [2.45, 2.75) is 32.5 Å². The van der Waals surface area contributed by atoms with Gasteiger partial charge in [0.15, 0.2) is 5.96 Å². The van der Waals surface area contributed by atoms with E-state index in [1.165, 1.54) is 4.90 Å². The molecule has 1 aromatic rings. The molecule has 1 fully saturated rings. The van der Waals surface area contributed by atoms with Gasteiger partial charge in [0.1, 0.15) is 0 Å². The summed E-state index contributed by atoms with van der Waals surface area (Å²) in [4.78, 5) is 5.64. The van der Waals surface area contributed by atoms with Crippen LogP contribution < -0.4 is 11.1 Å². The summed E-state index contributed by atoms with van der Waals surface area (Å²) in [6, 6.07) is 5.74. The maximum atomic E-state index is 12.3. The number of nitrogens with zero attached hydrogens (tertiary/aromatic N) is 2. The molecule has 1 saturated heterocycles. The van der Waals surface area contributed by atoms with Crippen LogP contribution >= 0.6 is 24.0 Å². The van der Waals surface area contributed by atoms with Crippen molar-refractivity contribution < 1.29 is 13.2 Å². The summed E-state index contributed by atoms with van der Waals surface area (Å²) in [7, 11) is 0. The van der Waals surface area contributed by atoms with Crippen LogP contribution in [0, 0.1) is 13.8 Å². The highest BCUT2D eigenvalue weighted by atomic mass is 127. The number of likely N-dealkylation sites (tertiary alicyclic amines) is 1. The van der Waals surface area contributed by atoms with Crippen LogP contribution in [0.5, 0.6) is 0 Å². The van der Waals surface area contributed by atoms with Crippen LogP contribution in [0.1, 0.15) is 17.5 Å². The Morgan fingerprint density at radius 3 is 2.48 bits per heavy atom. The van der Waals surface area contributed by atoms with Crippen LogP contribution in [0.2, 0.25) is 0 Å². The van der Waals surface area contributed by atoms with Gasteiger partial charge in [-0.2, -0.15) is 13.2 Å². The number of benzene rings is 1. The van der Waals surface area contributed by atoms with Gasteiger partial charge in [-0.3, -0.25) is 4.90 Å². The monoisotopic (exact) mass is 442 g/mol. The lowest BCUT2D eigenvalue weighted by molar-refractivity contribution is -0.143. The normalized spacial score (nSPS) is 19.5. The Kier molecular flexibility index (Phi) is 7.12. The molecule has 1 unspecified atom stereocenters. The minimum atomic E-state index is -4.17. The molecule has 1 heterocycles. The van der Waals surface area contributed by atoms with Crippen molar-refractivity contribution in [1.82, 2.24) is 4.90 Å². The number of halogens is 4. The van der Waals surface area contributed by atoms with Gasteiger partial charge in [0, 0.05) is 18.8 Å². The molecule has 1 aliphatic heterocycles. The SMILES string of the molecule is Cc1cc(C)cc(NC(N)=NC2CCN(CC(F)(F)F)C2)c1.I. The number of alkyl halides is 3. The van der Waals surface area contributed by atoms with E-state index in [1.54, 1.807) is 0 Å². The fraction of sp³-hybridized carbons (Fsp3) is 0.533. The highest BCUT2D eigenvalue weighted by molar-refractivity contribution is 14.0. The predicted octanol–water partition coefficient (Wildman–Crippen LogP) is 3.28. The van der Waals surface area contributed by atoms with Crippen LogP contribution in [0.3, 0.4) is 0 Å². The Morgan fingerprint density at radius 1 is 1.30 bits per heavy atom. The zero-order chi connectivity index (χ0) is 16.3. The molecule has 0 aliphatic carbocycles. The Balaban J connectivity index is 0.00000264. The molecule has 1 aromatic carbocycles. The summed E-state index contributed by atoms with van der Waals surface area (Å²) in [5.41, 5.74) is 8.90. The molecule has 8 heteroatoms. The van der Waals surface area contributed by atoms with Crippen LogP contribution in [-0.4, -0.2) is 42.7 Å². The minimum Gasteiger partial charge on any atom is -0.370 e. The van der Waals surface area contributed by atoms with Gasteiger partial charge < -0.3 is 11.1 Å². The van der Waals surface area contributed by atoms with E-state index in [0.29, 0.717) is 13.0 Å². The first-order valence-corrected chi connectivity index (χ1v) is 7.19. The van der Waals surface area contributed by atoms with E-state index in [1.807, 2.05) is 32.0 Å². The van der Waals surface area contributed by atoms with Gasteiger partial charge in [-0.25, -0.2) is 4.99 Å². The summed E-state index contributed by atoms with van der Waals surface area (Å²) in [5.74, 6) is 0.240. The lowest BCUT2D eigenvalue weighted by Gasteiger charge is -2.17. The molecule has 3 N–H and O–H groups in total. The number of nitrogens with two attached hydrogens (primary N) is 1. The summed E-state index contributed by atoms with van der Waals surface area (Å²) < 4.78 is 37.0. The second-order valence-electron chi connectivity index (χ2n) is 5.81. The van der Waals surface area contributed by atoms with E-state index in [-0.39, 0.29) is 42.5 Å². The maximum Gasteiger partial charge on any atom is 0.401 e. The number of hydrogen-bond acceptors (Lipinski definition) is 2. The van der Waals surface area contributed by atoms with E-state index in [0.717, 1.165) is 16.8 Å². The quantitative estimate of drug-likeness (QED) is 0.429. The van der Waals surface area contributed by atoms with Crippen molar-refractivity contribution in [2.75, 3.05) is 25.0 Å². The van der Waals surface area contributed by atoms with Gasteiger partial charge in [0.25, 0.3) is 0 Å². The summed E-state index contributed by atoms with van der Waals surface area (Å²) in [6.07, 6.45) is -3.58. The second-order valence-corrected chi connectivity index (χ2v) is 5.81. The molecule has 23 heavy (non-hydrogen) atoms. The fourth-order valence-electron chi connectivity index (χ4n) is 2.74. The highest BCUT2D eigenvalue weighted by Gasteiger charge is 2.34. The van der Waals surface area contributed by atoms with E-state index in [2.05, 4.69) is 10.3 Å². The molecule has 4 nitrogen and oxygen atoms in total. The molecule has 0 amide bonds. The van der Waals surface area contributed by atoms with E-state index in [4.69, 9.17) is 5.73 Å². The zero-order valence-corrected chi connectivity index (χ0v) is 15.5. The van der Waals surface area contributed by atoms with Crippen LogP contribution in [0.4, 0.5) is 18.9 Å². The van der Waals surface area contributed by atoms with Crippen molar-refractivity contribution in [1.29, 1.82) is 0 Å². The number of aryl methyl sites for hydroxylation is 2. The third-order valence-corrected chi connectivity index (χ3v) is 3.47. The first-order chi connectivity index (χ1) is 10.2. The van der Waals surface area contributed by atoms with E-state index < -0.39 is 12.7 Å². The van der Waals surface area contributed by atoms with Gasteiger partial charge >= 0.3 is 6.18 Å². The second kappa shape index (κ2) is 8.18. The standard InChI is InChI=1S/C15H21F3N4.HI/c1-10-5-11(2)7-13(6-10)21-14(19)20-12-3-4-22(8-12)9-15(16,17)18;/h5-7,12H,3-4,8-9H2,1-2H3,(H3,19,20,21);1H. The van der Waals surface area contributed by atoms with Gasteiger partial charge in [-0.1, -0.05) is 6.07 Å². The number of hydrogen-bond donors (Lipinski definition) is 2. The third-order valence-electron chi connectivity index (χ3n) is 3.47. The lowest BCUT2D eigenvalue weighted by Crippen LogP contribution is -2.33. The molecule has 2 rings (SSSR count). The Bertz CT molecular complexity index is 540. The highest BCUT2D eigenvalue weighted by Crippen LogP contribution is 2.21.